The van der Waals surface area contributed by atoms with Crippen LogP contribution in [0, 0.1) is 0 Å². The molecule has 2 unspecified atom stereocenters. The minimum atomic E-state index is 0.359. The molecule has 1 spiro atoms. The van der Waals surface area contributed by atoms with Gasteiger partial charge >= 0.3 is 0 Å². The Hall–Kier alpha value is -0.120. The molecule has 3 fully saturated rings. The van der Waals surface area contributed by atoms with Gasteiger partial charge in [0.25, 0.3) is 0 Å². The van der Waals surface area contributed by atoms with Crippen molar-refractivity contribution in [2.45, 2.75) is 37.3 Å². The van der Waals surface area contributed by atoms with Gasteiger partial charge in [0.15, 0.2) is 0 Å². The molecule has 1 N–H and O–H groups in total. The van der Waals surface area contributed by atoms with Gasteiger partial charge in [-0.15, -0.1) is 0 Å². The Morgan fingerprint density at radius 2 is 2.36 bits per heavy atom. The molecule has 80 valence electrons. The molecule has 0 radical (unpaired) electrons. The predicted octanol–water partition coefficient (Wildman–Crippen LogP) is 0.603. The topological polar surface area (TPSA) is 24.5 Å². The first-order chi connectivity index (χ1) is 6.91. The lowest BCUT2D eigenvalue weighted by Gasteiger charge is -2.50. The molecule has 0 aromatic heterocycles. The predicted molar refractivity (Wildman–Crippen MR) is 55.4 cm³/mol. The average molecular weight is 196 g/mol. The van der Waals surface area contributed by atoms with Crippen LogP contribution in [0.1, 0.15) is 25.7 Å². The molecule has 14 heavy (non-hydrogen) atoms. The molecule has 0 amide bonds. The van der Waals surface area contributed by atoms with Gasteiger partial charge in [0.05, 0.1) is 12.1 Å². The fourth-order valence-corrected chi connectivity index (χ4v) is 3.45. The van der Waals surface area contributed by atoms with Crippen molar-refractivity contribution in [2.75, 3.05) is 32.8 Å². The highest BCUT2D eigenvalue weighted by atomic mass is 16.5. The lowest BCUT2D eigenvalue weighted by atomic mass is 9.87. The minimum absolute atomic E-state index is 0.359. The van der Waals surface area contributed by atoms with E-state index in [2.05, 4.69) is 10.2 Å². The number of hydrogen-bond donors (Lipinski definition) is 1. The zero-order valence-corrected chi connectivity index (χ0v) is 8.80. The minimum Gasteiger partial charge on any atom is -0.379 e. The molecule has 0 aromatic rings. The lowest BCUT2D eigenvalue weighted by Crippen LogP contribution is -2.66. The molecular formula is C11H20N2O. The quantitative estimate of drug-likeness (QED) is 0.614. The van der Waals surface area contributed by atoms with Crippen LogP contribution in [0.15, 0.2) is 0 Å². The highest BCUT2D eigenvalue weighted by Gasteiger charge is 2.46. The van der Waals surface area contributed by atoms with Crippen LogP contribution < -0.4 is 5.32 Å². The maximum atomic E-state index is 5.69. The second-order valence-corrected chi connectivity index (χ2v) is 5.00. The zero-order chi connectivity index (χ0) is 9.43. The maximum absolute atomic E-state index is 5.69. The van der Waals surface area contributed by atoms with E-state index in [1.54, 1.807) is 0 Å². The van der Waals surface area contributed by atoms with E-state index >= 15 is 0 Å². The van der Waals surface area contributed by atoms with Crippen molar-refractivity contribution in [3.8, 4) is 0 Å². The van der Waals surface area contributed by atoms with Gasteiger partial charge in [-0.25, -0.2) is 0 Å². The van der Waals surface area contributed by atoms with E-state index in [0.717, 1.165) is 25.8 Å². The Morgan fingerprint density at radius 1 is 1.36 bits per heavy atom. The van der Waals surface area contributed by atoms with E-state index in [-0.39, 0.29) is 0 Å². The summed E-state index contributed by atoms with van der Waals surface area (Å²) in [5.41, 5.74) is 0.359. The normalized spacial score (nSPS) is 44.1. The van der Waals surface area contributed by atoms with Crippen molar-refractivity contribution in [3.63, 3.8) is 0 Å². The Kier molecular flexibility index (Phi) is 2.26. The first-order valence-electron chi connectivity index (χ1n) is 5.96. The SMILES string of the molecule is C1CC2CNCC3(CCCOC3)N2C1. The highest BCUT2D eigenvalue weighted by Crippen LogP contribution is 2.34. The molecule has 3 aliphatic heterocycles. The number of fused-ring (bicyclic) bond motifs is 2. The molecule has 0 aliphatic carbocycles. The van der Waals surface area contributed by atoms with E-state index in [1.807, 2.05) is 0 Å². The largest absolute Gasteiger partial charge is 0.379 e. The molecular weight excluding hydrogens is 176 g/mol. The molecule has 0 saturated carbocycles. The van der Waals surface area contributed by atoms with Gasteiger partial charge in [-0.05, 0) is 32.2 Å². The summed E-state index contributed by atoms with van der Waals surface area (Å²) in [5.74, 6) is 0. The van der Waals surface area contributed by atoms with Gasteiger partial charge in [0, 0.05) is 25.7 Å². The second kappa shape index (κ2) is 3.47. The number of ether oxygens (including phenoxy) is 1. The summed E-state index contributed by atoms with van der Waals surface area (Å²) < 4.78 is 5.69. The molecule has 3 heterocycles. The van der Waals surface area contributed by atoms with Gasteiger partial charge in [0.2, 0.25) is 0 Å². The molecule has 0 aromatic carbocycles. The van der Waals surface area contributed by atoms with Crippen molar-refractivity contribution in [3.05, 3.63) is 0 Å². The van der Waals surface area contributed by atoms with Crippen LogP contribution in [0.3, 0.4) is 0 Å². The highest BCUT2D eigenvalue weighted by molar-refractivity contribution is 5.03. The van der Waals surface area contributed by atoms with Crippen LogP contribution in [0.25, 0.3) is 0 Å². The monoisotopic (exact) mass is 196 g/mol. The first kappa shape index (κ1) is 9.13. The third kappa shape index (κ3) is 1.30. The summed E-state index contributed by atoms with van der Waals surface area (Å²) in [4.78, 5) is 2.74. The summed E-state index contributed by atoms with van der Waals surface area (Å²) in [5, 5.41) is 3.60. The van der Waals surface area contributed by atoms with E-state index in [1.165, 1.54) is 38.8 Å². The standard InChI is InChI=1S/C11H20N2O/c1-3-10-7-12-8-11(13(10)5-1)4-2-6-14-9-11/h10,12H,1-9H2. The van der Waals surface area contributed by atoms with E-state index in [0.29, 0.717) is 5.54 Å². The Bertz CT molecular complexity index is 208. The van der Waals surface area contributed by atoms with Gasteiger partial charge in [-0.1, -0.05) is 0 Å². The molecule has 2 atom stereocenters. The van der Waals surface area contributed by atoms with Gasteiger partial charge in [0.1, 0.15) is 0 Å². The summed E-state index contributed by atoms with van der Waals surface area (Å²) in [6, 6.07) is 0.797. The smallest absolute Gasteiger partial charge is 0.0662 e. The number of hydrogen-bond acceptors (Lipinski definition) is 3. The van der Waals surface area contributed by atoms with Crippen molar-refractivity contribution < 1.29 is 4.74 Å². The van der Waals surface area contributed by atoms with Crippen molar-refractivity contribution in [1.29, 1.82) is 0 Å². The molecule has 3 heteroatoms. The molecule has 0 bridgehead atoms. The van der Waals surface area contributed by atoms with Crippen LogP contribution in [0.2, 0.25) is 0 Å². The Labute approximate surface area is 85.8 Å². The fraction of sp³-hybridized carbons (Fsp3) is 1.00. The Morgan fingerprint density at radius 3 is 3.21 bits per heavy atom. The zero-order valence-electron chi connectivity index (χ0n) is 8.80. The molecule has 3 rings (SSSR count). The Balaban J connectivity index is 1.81. The van der Waals surface area contributed by atoms with E-state index in [4.69, 9.17) is 4.74 Å². The summed E-state index contributed by atoms with van der Waals surface area (Å²) >= 11 is 0. The van der Waals surface area contributed by atoms with Crippen molar-refractivity contribution in [1.82, 2.24) is 10.2 Å². The van der Waals surface area contributed by atoms with Gasteiger partial charge in [-0.2, -0.15) is 0 Å². The number of nitrogens with one attached hydrogen (secondary N) is 1. The van der Waals surface area contributed by atoms with Crippen molar-refractivity contribution >= 4 is 0 Å². The maximum Gasteiger partial charge on any atom is 0.0662 e. The van der Waals surface area contributed by atoms with Crippen LogP contribution in [-0.2, 0) is 4.74 Å². The number of piperazine rings is 1. The van der Waals surface area contributed by atoms with E-state index < -0.39 is 0 Å². The summed E-state index contributed by atoms with van der Waals surface area (Å²) in [6.07, 6.45) is 5.34. The summed E-state index contributed by atoms with van der Waals surface area (Å²) in [6.45, 7) is 5.57. The van der Waals surface area contributed by atoms with Crippen LogP contribution in [-0.4, -0.2) is 49.3 Å². The third-order valence-corrected chi connectivity index (χ3v) is 4.12. The van der Waals surface area contributed by atoms with Crippen LogP contribution in [0.5, 0.6) is 0 Å². The summed E-state index contributed by atoms with van der Waals surface area (Å²) in [7, 11) is 0. The third-order valence-electron chi connectivity index (χ3n) is 4.12. The number of rotatable bonds is 0. The van der Waals surface area contributed by atoms with Crippen molar-refractivity contribution in [2.24, 2.45) is 0 Å². The average Bonchev–Trinajstić information content (AvgIpc) is 2.69. The van der Waals surface area contributed by atoms with Crippen LogP contribution in [0.4, 0.5) is 0 Å². The lowest BCUT2D eigenvalue weighted by molar-refractivity contribution is -0.0683. The molecule has 3 aliphatic rings. The van der Waals surface area contributed by atoms with Crippen LogP contribution >= 0.6 is 0 Å². The fourth-order valence-electron chi connectivity index (χ4n) is 3.45. The molecule has 3 saturated heterocycles. The number of nitrogens with zero attached hydrogens (tertiary/aromatic N) is 1. The molecule has 3 nitrogen and oxygen atoms in total. The van der Waals surface area contributed by atoms with Gasteiger partial charge < -0.3 is 10.1 Å². The first-order valence-corrected chi connectivity index (χ1v) is 5.96. The second-order valence-electron chi connectivity index (χ2n) is 5.00. The van der Waals surface area contributed by atoms with Gasteiger partial charge in [-0.3, -0.25) is 4.90 Å². The van der Waals surface area contributed by atoms with E-state index in [9.17, 15) is 0 Å².